The van der Waals surface area contributed by atoms with Crippen molar-refractivity contribution in [2.24, 2.45) is 11.8 Å². The molecule has 0 saturated heterocycles. The summed E-state index contributed by atoms with van der Waals surface area (Å²) >= 11 is 0. The van der Waals surface area contributed by atoms with Crippen LogP contribution in [0.15, 0.2) is 0 Å². The van der Waals surface area contributed by atoms with Crippen LogP contribution in [0.5, 0.6) is 0 Å². The van der Waals surface area contributed by atoms with E-state index >= 15 is 0 Å². The van der Waals surface area contributed by atoms with Crippen molar-refractivity contribution in [3.8, 4) is 0 Å². The van der Waals surface area contributed by atoms with Gasteiger partial charge in [-0.25, -0.2) is 0 Å². The number of carbonyl (C=O) groups is 1. The number of hydrogen-bond acceptors (Lipinski definition) is 2. The van der Waals surface area contributed by atoms with Crippen LogP contribution in [-0.4, -0.2) is 29.3 Å². The van der Waals surface area contributed by atoms with Gasteiger partial charge in [-0.05, 0) is 58.0 Å². The number of ketones is 1. The Hall–Kier alpha value is -0.370. The maximum atomic E-state index is 13.0. The number of Topliss-reactive ketones (excluding diaryl/α,β-unsaturated/α-hetero) is 1. The first-order chi connectivity index (χ1) is 9.03. The Morgan fingerprint density at radius 3 is 1.95 bits per heavy atom. The van der Waals surface area contributed by atoms with Gasteiger partial charge in [0, 0.05) is 5.92 Å². The summed E-state index contributed by atoms with van der Waals surface area (Å²) in [5, 5.41) is 0. The monoisotopic (exact) mass is 267 g/mol. The van der Waals surface area contributed by atoms with E-state index in [1.165, 1.54) is 19.3 Å². The van der Waals surface area contributed by atoms with Crippen LogP contribution in [0, 0.1) is 11.8 Å². The summed E-state index contributed by atoms with van der Waals surface area (Å²) in [5.74, 6) is 1.69. The molecule has 0 aromatic heterocycles. The van der Waals surface area contributed by atoms with Gasteiger partial charge in [-0.2, -0.15) is 0 Å². The lowest BCUT2D eigenvalue weighted by Crippen LogP contribution is -2.54. The van der Waals surface area contributed by atoms with Crippen molar-refractivity contribution in [1.29, 1.82) is 0 Å². The summed E-state index contributed by atoms with van der Waals surface area (Å²) in [6.07, 6.45) is 6.96. The smallest absolute Gasteiger partial charge is 0.155 e. The molecule has 1 aliphatic carbocycles. The zero-order valence-electron chi connectivity index (χ0n) is 13.7. The van der Waals surface area contributed by atoms with Gasteiger partial charge < -0.3 is 0 Å². The Morgan fingerprint density at radius 1 is 1.05 bits per heavy atom. The summed E-state index contributed by atoms with van der Waals surface area (Å²) in [7, 11) is 0. The third-order valence-corrected chi connectivity index (χ3v) is 5.48. The van der Waals surface area contributed by atoms with E-state index in [9.17, 15) is 4.79 Å². The molecule has 1 saturated carbocycles. The van der Waals surface area contributed by atoms with Crippen LogP contribution in [0.1, 0.15) is 73.1 Å². The zero-order chi connectivity index (χ0) is 14.5. The molecule has 2 nitrogen and oxygen atoms in total. The minimum Gasteiger partial charge on any atom is -0.297 e. The van der Waals surface area contributed by atoms with Gasteiger partial charge in [-0.3, -0.25) is 9.69 Å². The lowest BCUT2D eigenvalue weighted by atomic mass is 9.73. The van der Waals surface area contributed by atoms with E-state index in [-0.39, 0.29) is 5.54 Å². The van der Waals surface area contributed by atoms with E-state index in [0.717, 1.165) is 38.3 Å². The second-order valence-corrected chi connectivity index (χ2v) is 6.29. The van der Waals surface area contributed by atoms with E-state index < -0.39 is 0 Å². The van der Waals surface area contributed by atoms with Crippen molar-refractivity contribution in [2.75, 3.05) is 13.1 Å². The summed E-state index contributed by atoms with van der Waals surface area (Å²) in [6.45, 7) is 12.9. The van der Waals surface area contributed by atoms with Crippen molar-refractivity contribution in [1.82, 2.24) is 4.90 Å². The number of likely N-dealkylation sites (N-methyl/N-ethyl adjacent to an activating group) is 1. The minimum atomic E-state index is -0.243. The van der Waals surface area contributed by atoms with Gasteiger partial charge in [0.1, 0.15) is 0 Å². The maximum absolute atomic E-state index is 13.0. The second kappa shape index (κ2) is 7.42. The molecule has 0 aromatic rings. The second-order valence-electron chi connectivity index (χ2n) is 6.29. The SMILES string of the molecule is CCC1CCC(C(=O)C(C)(CC)N(CC)CC)CC1. The molecule has 0 aromatic carbocycles. The molecule has 1 rings (SSSR count). The van der Waals surface area contributed by atoms with Gasteiger partial charge in [-0.15, -0.1) is 0 Å². The van der Waals surface area contributed by atoms with Crippen molar-refractivity contribution in [3.63, 3.8) is 0 Å². The van der Waals surface area contributed by atoms with Crippen molar-refractivity contribution >= 4 is 5.78 Å². The molecule has 1 aliphatic rings. The molecule has 0 heterocycles. The summed E-state index contributed by atoms with van der Waals surface area (Å²) < 4.78 is 0. The fraction of sp³-hybridized carbons (Fsp3) is 0.941. The molecule has 0 N–H and O–H groups in total. The van der Waals surface area contributed by atoms with Crippen LogP contribution in [0.25, 0.3) is 0 Å². The standard InChI is InChI=1S/C17H33NO/c1-6-14-10-12-15(13-11-14)16(19)17(5,7-2)18(8-3)9-4/h14-15H,6-13H2,1-5H3. The van der Waals surface area contributed by atoms with E-state index in [2.05, 4.69) is 39.5 Å². The molecule has 19 heavy (non-hydrogen) atoms. The fourth-order valence-electron chi connectivity index (χ4n) is 3.75. The highest BCUT2D eigenvalue weighted by atomic mass is 16.1. The van der Waals surface area contributed by atoms with Crippen molar-refractivity contribution in [3.05, 3.63) is 0 Å². The van der Waals surface area contributed by atoms with Crippen LogP contribution in [0.3, 0.4) is 0 Å². The van der Waals surface area contributed by atoms with E-state index in [1.54, 1.807) is 0 Å². The molecule has 112 valence electrons. The van der Waals surface area contributed by atoms with Crippen LogP contribution < -0.4 is 0 Å². The summed E-state index contributed by atoms with van der Waals surface area (Å²) in [4.78, 5) is 15.3. The van der Waals surface area contributed by atoms with Crippen molar-refractivity contribution < 1.29 is 4.79 Å². The summed E-state index contributed by atoms with van der Waals surface area (Å²) in [6, 6.07) is 0. The Morgan fingerprint density at radius 2 is 1.58 bits per heavy atom. The first kappa shape index (κ1) is 16.7. The molecule has 1 unspecified atom stereocenters. The molecular formula is C17H33NO. The quantitative estimate of drug-likeness (QED) is 0.686. The van der Waals surface area contributed by atoms with E-state index in [1.807, 2.05) is 0 Å². The predicted molar refractivity (Wildman–Crippen MR) is 82.4 cm³/mol. The van der Waals surface area contributed by atoms with Gasteiger partial charge >= 0.3 is 0 Å². The fourth-order valence-corrected chi connectivity index (χ4v) is 3.75. The van der Waals surface area contributed by atoms with Gasteiger partial charge in [-0.1, -0.05) is 34.1 Å². The van der Waals surface area contributed by atoms with Gasteiger partial charge in [0.15, 0.2) is 5.78 Å². The Kier molecular flexibility index (Phi) is 6.52. The zero-order valence-corrected chi connectivity index (χ0v) is 13.7. The van der Waals surface area contributed by atoms with Gasteiger partial charge in [0.05, 0.1) is 5.54 Å². The average molecular weight is 267 g/mol. The molecule has 1 fully saturated rings. The van der Waals surface area contributed by atoms with Gasteiger partial charge in [0.2, 0.25) is 0 Å². The van der Waals surface area contributed by atoms with Crippen LogP contribution in [-0.2, 0) is 4.79 Å². The molecule has 0 amide bonds. The minimum absolute atomic E-state index is 0.243. The summed E-state index contributed by atoms with van der Waals surface area (Å²) in [5.41, 5.74) is -0.243. The topological polar surface area (TPSA) is 20.3 Å². The molecular weight excluding hydrogens is 234 g/mol. The van der Waals surface area contributed by atoms with Crippen LogP contribution in [0.4, 0.5) is 0 Å². The number of nitrogens with zero attached hydrogens (tertiary/aromatic N) is 1. The third kappa shape index (κ3) is 3.59. The average Bonchev–Trinajstić information content (AvgIpc) is 2.47. The Bertz CT molecular complexity index is 277. The highest BCUT2D eigenvalue weighted by Gasteiger charge is 2.40. The molecule has 0 aliphatic heterocycles. The maximum Gasteiger partial charge on any atom is 0.155 e. The molecule has 2 heteroatoms. The normalized spacial score (nSPS) is 27.3. The predicted octanol–water partition coefficient (Wildman–Crippen LogP) is 4.28. The molecule has 0 bridgehead atoms. The number of hydrogen-bond donors (Lipinski definition) is 0. The highest BCUT2D eigenvalue weighted by molar-refractivity contribution is 5.90. The van der Waals surface area contributed by atoms with Crippen molar-refractivity contribution in [2.45, 2.75) is 78.7 Å². The lowest BCUT2D eigenvalue weighted by molar-refractivity contribution is -0.136. The van der Waals surface area contributed by atoms with Gasteiger partial charge in [0.25, 0.3) is 0 Å². The first-order valence-electron chi connectivity index (χ1n) is 8.32. The lowest BCUT2D eigenvalue weighted by Gasteiger charge is -2.42. The van der Waals surface area contributed by atoms with E-state index in [4.69, 9.17) is 0 Å². The Balaban J connectivity index is 2.73. The largest absolute Gasteiger partial charge is 0.297 e. The molecule has 1 atom stereocenters. The van der Waals surface area contributed by atoms with Crippen LogP contribution >= 0.6 is 0 Å². The number of carbonyl (C=O) groups excluding carboxylic acids is 1. The Labute approximate surface area is 119 Å². The highest BCUT2D eigenvalue weighted by Crippen LogP contribution is 2.35. The van der Waals surface area contributed by atoms with E-state index in [0.29, 0.717) is 11.7 Å². The number of rotatable bonds is 7. The van der Waals surface area contributed by atoms with Crippen LogP contribution in [0.2, 0.25) is 0 Å². The molecule has 0 spiro atoms. The first-order valence-corrected chi connectivity index (χ1v) is 8.32. The third-order valence-electron chi connectivity index (χ3n) is 5.48. The molecule has 0 radical (unpaired) electrons.